The van der Waals surface area contributed by atoms with Gasteiger partial charge in [-0.25, -0.2) is 4.98 Å². The van der Waals surface area contributed by atoms with Gasteiger partial charge in [-0.05, 0) is 18.6 Å². The summed E-state index contributed by atoms with van der Waals surface area (Å²) in [6.07, 6.45) is 1.68. The van der Waals surface area contributed by atoms with Crippen molar-refractivity contribution in [2.45, 2.75) is 6.92 Å². The molecule has 0 unspecified atom stereocenters. The summed E-state index contributed by atoms with van der Waals surface area (Å²) in [5.41, 5.74) is 7.21. The Bertz CT molecular complexity index is 336. The van der Waals surface area contributed by atoms with Crippen molar-refractivity contribution in [3.8, 4) is 11.8 Å². The second kappa shape index (κ2) is 3.74. The van der Waals surface area contributed by atoms with Gasteiger partial charge in [-0.15, -0.1) is 0 Å². The number of anilines is 1. The molecule has 62 valence electrons. The standard InChI is InChI=1S/C9H10N2O/c1-7-5-8(3-2-4-12)9(10)11-6-7/h5-6,12H,4H2,1H3,(H2,10,11). The molecule has 0 radical (unpaired) electrons. The highest BCUT2D eigenvalue weighted by Gasteiger charge is 1.95. The number of pyridine rings is 1. The summed E-state index contributed by atoms with van der Waals surface area (Å²) >= 11 is 0. The third-order valence-electron chi connectivity index (χ3n) is 1.36. The van der Waals surface area contributed by atoms with E-state index in [1.807, 2.05) is 13.0 Å². The number of aromatic nitrogens is 1. The number of nitrogens with two attached hydrogens (primary N) is 1. The normalized spacial score (nSPS) is 8.83. The summed E-state index contributed by atoms with van der Waals surface area (Å²) in [4.78, 5) is 3.93. The average Bonchev–Trinajstić information content (AvgIpc) is 2.07. The van der Waals surface area contributed by atoms with Crippen LogP contribution in [0.1, 0.15) is 11.1 Å². The van der Waals surface area contributed by atoms with Crippen LogP contribution in [0.15, 0.2) is 12.3 Å². The fraction of sp³-hybridized carbons (Fsp3) is 0.222. The molecule has 0 aromatic carbocycles. The van der Waals surface area contributed by atoms with Crippen LogP contribution in [0.5, 0.6) is 0 Å². The number of hydrogen-bond donors (Lipinski definition) is 2. The number of aliphatic hydroxyl groups is 1. The molecule has 0 fully saturated rings. The van der Waals surface area contributed by atoms with Crippen LogP contribution >= 0.6 is 0 Å². The predicted molar refractivity (Wildman–Crippen MR) is 47.4 cm³/mol. The molecule has 0 amide bonds. The zero-order chi connectivity index (χ0) is 8.97. The van der Waals surface area contributed by atoms with Gasteiger partial charge in [-0.2, -0.15) is 0 Å². The third kappa shape index (κ3) is 1.97. The van der Waals surface area contributed by atoms with Crippen molar-refractivity contribution in [2.75, 3.05) is 12.3 Å². The quantitative estimate of drug-likeness (QED) is 0.540. The highest BCUT2D eigenvalue weighted by Crippen LogP contribution is 2.07. The van der Waals surface area contributed by atoms with Gasteiger partial charge in [-0.1, -0.05) is 11.8 Å². The Morgan fingerprint density at radius 3 is 3.08 bits per heavy atom. The zero-order valence-electron chi connectivity index (χ0n) is 6.83. The lowest BCUT2D eigenvalue weighted by Gasteiger charge is -1.97. The molecule has 0 aliphatic heterocycles. The van der Waals surface area contributed by atoms with Gasteiger partial charge >= 0.3 is 0 Å². The summed E-state index contributed by atoms with van der Waals surface area (Å²) < 4.78 is 0. The largest absolute Gasteiger partial charge is 0.384 e. The van der Waals surface area contributed by atoms with Gasteiger partial charge in [0.1, 0.15) is 12.4 Å². The van der Waals surface area contributed by atoms with Crippen molar-refractivity contribution in [1.29, 1.82) is 0 Å². The van der Waals surface area contributed by atoms with Crippen LogP contribution in [-0.2, 0) is 0 Å². The number of hydrogen-bond acceptors (Lipinski definition) is 3. The maximum atomic E-state index is 8.45. The number of nitrogen functional groups attached to an aromatic ring is 1. The molecule has 0 bridgehead atoms. The van der Waals surface area contributed by atoms with Crippen LogP contribution < -0.4 is 5.73 Å². The van der Waals surface area contributed by atoms with E-state index in [1.54, 1.807) is 6.20 Å². The maximum Gasteiger partial charge on any atom is 0.139 e. The Morgan fingerprint density at radius 2 is 2.42 bits per heavy atom. The Labute approximate surface area is 71.2 Å². The molecule has 0 spiro atoms. The Morgan fingerprint density at radius 1 is 1.67 bits per heavy atom. The summed E-state index contributed by atoms with van der Waals surface area (Å²) in [6, 6.07) is 1.84. The molecule has 1 aromatic rings. The van der Waals surface area contributed by atoms with Crippen molar-refractivity contribution in [3.05, 3.63) is 23.4 Å². The van der Waals surface area contributed by atoms with E-state index in [4.69, 9.17) is 10.8 Å². The molecule has 3 nitrogen and oxygen atoms in total. The van der Waals surface area contributed by atoms with Gasteiger partial charge in [0.05, 0.1) is 5.56 Å². The SMILES string of the molecule is Cc1cnc(N)c(C#CCO)c1. The van der Waals surface area contributed by atoms with Crippen molar-refractivity contribution in [1.82, 2.24) is 4.98 Å². The monoisotopic (exact) mass is 162 g/mol. The van der Waals surface area contributed by atoms with Crippen molar-refractivity contribution < 1.29 is 5.11 Å². The first-order valence-electron chi connectivity index (χ1n) is 3.56. The second-order valence-electron chi connectivity index (χ2n) is 2.41. The molecule has 3 N–H and O–H groups in total. The highest BCUT2D eigenvalue weighted by molar-refractivity contribution is 5.51. The molecule has 3 heteroatoms. The average molecular weight is 162 g/mol. The first-order valence-corrected chi connectivity index (χ1v) is 3.56. The second-order valence-corrected chi connectivity index (χ2v) is 2.41. The number of rotatable bonds is 0. The van der Waals surface area contributed by atoms with E-state index in [0.717, 1.165) is 5.56 Å². The van der Waals surface area contributed by atoms with E-state index < -0.39 is 0 Å². The van der Waals surface area contributed by atoms with Gasteiger partial charge in [0.15, 0.2) is 0 Å². The topological polar surface area (TPSA) is 59.1 Å². The lowest BCUT2D eigenvalue weighted by molar-refractivity contribution is 0.350. The van der Waals surface area contributed by atoms with E-state index >= 15 is 0 Å². The maximum absolute atomic E-state index is 8.45. The van der Waals surface area contributed by atoms with E-state index in [1.165, 1.54) is 0 Å². The number of aryl methyl sites for hydroxylation is 1. The lowest BCUT2D eigenvalue weighted by atomic mass is 10.2. The van der Waals surface area contributed by atoms with Crippen molar-refractivity contribution >= 4 is 5.82 Å². The van der Waals surface area contributed by atoms with Gasteiger partial charge in [-0.3, -0.25) is 0 Å². The van der Waals surface area contributed by atoms with Crippen molar-refractivity contribution in [3.63, 3.8) is 0 Å². The van der Waals surface area contributed by atoms with Gasteiger partial charge in [0.25, 0.3) is 0 Å². The molecule has 0 saturated heterocycles. The van der Waals surface area contributed by atoms with Crippen LogP contribution in [0.3, 0.4) is 0 Å². The van der Waals surface area contributed by atoms with E-state index in [2.05, 4.69) is 16.8 Å². The molecule has 0 saturated carbocycles. The molecule has 12 heavy (non-hydrogen) atoms. The van der Waals surface area contributed by atoms with Crippen LogP contribution in [0.2, 0.25) is 0 Å². The van der Waals surface area contributed by atoms with Crippen molar-refractivity contribution in [2.24, 2.45) is 0 Å². The van der Waals surface area contributed by atoms with Crippen LogP contribution in [0.25, 0.3) is 0 Å². The third-order valence-corrected chi connectivity index (χ3v) is 1.36. The van der Waals surface area contributed by atoms with Gasteiger partial charge in [0.2, 0.25) is 0 Å². The molecule has 1 heterocycles. The minimum Gasteiger partial charge on any atom is -0.384 e. The van der Waals surface area contributed by atoms with E-state index in [9.17, 15) is 0 Å². The van der Waals surface area contributed by atoms with Crippen LogP contribution in [-0.4, -0.2) is 16.7 Å². The van der Waals surface area contributed by atoms with Gasteiger partial charge < -0.3 is 10.8 Å². The van der Waals surface area contributed by atoms with E-state index in [-0.39, 0.29) is 6.61 Å². The summed E-state index contributed by atoms with van der Waals surface area (Å²) in [5.74, 6) is 5.64. The summed E-state index contributed by atoms with van der Waals surface area (Å²) in [5, 5.41) is 8.45. The van der Waals surface area contributed by atoms with E-state index in [0.29, 0.717) is 11.4 Å². The fourth-order valence-corrected chi connectivity index (χ4v) is 0.815. The smallest absolute Gasteiger partial charge is 0.139 e. The first-order chi connectivity index (χ1) is 5.74. The highest BCUT2D eigenvalue weighted by atomic mass is 16.2. The molecule has 1 rings (SSSR count). The molecular weight excluding hydrogens is 152 g/mol. The fourth-order valence-electron chi connectivity index (χ4n) is 0.815. The Balaban J connectivity index is 3.05. The molecule has 1 aromatic heterocycles. The van der Waals surface area contributed by atoms with Crippen LogP contribution in [0, 0.1) is 18.8 Å². The van der Waals surface area contributed by atoms with Gasteiger partial charge in [0, 0.05) is 6.20 Å². The molecule has 0 atom stereocenters. The minimum atomic E-state index is -0.159. The summed E-state index contributed by atoms with van der Waals surface area (Å²) in [6.45, 7) is 1.75. The molecule has 0 aliphatic rings. The summed E-state index contributed by atoms with van der Waals surface area (Å²) in [7, 11) is 0. The predicted octanol–water partition coefficient (Wildman–Crippen LogP) is 0.316. The van der Waals surface area contributed by atoms with Crippen LogP contribution in [0.4, 0.5) is 5.82 Å². The minimum absolute atomic E-state index is 0.159. The Hall–Kier alpha value is -1.53. The lowest BCUT2D eigenvalue weighted by Crippen LogP contribution is -1.94. The zero-order valence-corrected chi connectivity index (χ0v) is 6.83. The number of aliphatic hydroxyl groups excluding tert-OH is 1. The first kappa shape index (κ1) is 8.57. The Kier molecular flexibility index (Phi) is 2.67. The molecular formula is C9H10N2O. The number of nitrogens with zero attached hydrogens (tertiary/aromatic N) is 1. The molecule has 0 aliphatic carbocycles.